The second-order valence-electron chi connectivity index (χ2n) is 4.69. The molecule has 0 saturated carbocycles. The van der Waals surface area contributed by atoms with E-state index in [1.165, 1.54) is 16.7 Å². The van der Waals surface area contributed by atoms with Crippen molar-refractivity contribution >= 4 is 17.7 Å². The molecule has 1 amide bonds. The zero-order chi connectivity index (χ0) is 13.4. The van der Waals surface area contributed by atoms with Gasteiger partial charge in [0.2, 0.25) is 5.91 Å². The molecule has 0 saturated heterocycles. The smallest absolute Gasteiger partial charge is 0.230 e. The zero-order valence-corrected chi connectivity index (χ0v) is 12.4. The van der Waals surface area contributed by atoms with Crippen LogP contribution in [0.1, 0.15) is 36.5 Å². The average molecular weight is 265 g/mol. The molecule has 0 fully saturated rings. The lowest BCUT2D eigenvalue weighted by Crippen LogP contribution is -2.26. The molecule has 2 nitrogen and oxygen atoms in total. The van der Waals surface area contributed by atoms with Crippen molar-refractivity contribution in [2.24, 2.45) is 0 Å². The Morgan fingerprint density at radius 3 is 2.50 bits per heavy atom. The van der Waals surface area contributed by atoms with Crippen LogP contribution in [0.15, 0.2) is 18.2 Å². The van der Waals surface area contributed by atoms with Gasteiger partial charge in [0.1, 0.15) is 0 Å². The lowest BCUT2D eigenvalue weighted by Gasteiger charge is -2.06. The van der Waals surface area contributed by atoms with E-state index in [0.29, 0.717) is 5.75 Å². The van der Waals surface area contributed by atoms with Crippen molar-refractivity contribution in [2.75, 3.05) is 12.3 Å². The third-order valence-electron chi connectivity index (χ3n) is 2.64. The van der Waals surface area contributed by atoms with E-state index in [1.54, 1.807) is 11.8 Å². The van der Waals surface area contributed by atoms with Gasteiger partial charge in [-0.1, -0.05) is 42.7 Å². The highest BCUT2D eigenvalue weighted by atomic mass is 32.2. The number of nitrogens with one attached hydrogen (secondary N) is 1. The van der Waals surface area contributed by atoms with Gasteiger partial charge in [0.25, 0.3) is 0 Å². The Bertz CT molecular complexity index is 370. The summed E-state index contributed by atoms with van der Waals surface area (Å²) in [5, 5.41) is 2.93. The fourth-order valence-corrected chi connectivity index (χ4v) is 2.66. The topological polar surface area (TPSA) is 29.1 Å². The van der Waals surface area contributed by atoms with E-state index >= 15 is 0 Å². The van der Waals surface area contributed by atoms with Crippen LogP contribution in [-0.4, -0.2) is 18.2 Å². The average Bonchev–Trinajstić information content (AvgIpc) is 2.28. The van der Waals surface area contributed by atoms with Gasteiger partial charge in [-0.15, -0.1) is 11.8 Å². The fraction of sp³-hybridized carbons (Fsp3) is 0.533. The second kappa shape index (κ2) is 8.20. The maximum Gasteiger partial charge on any atom is 0.230 e. The normalized spacial score (nSPS) is 10.4. The van der Waals surface area contributed by atoms with Crippen LogP contribution in [0.3, 0.4) is 0 Å². The van der Waals surface area contributed by atoms with Gasteiger partial charge in [-0.25, -0.2) is 0 Å². The molecule has 3 heteroatoms. The number of hydrogen-bond acceptors (Lipinski definition) is 2. The van der Waals surface area contributed by atoms with E-state index < -0.39 is 0 Å². The Labute approximate surface area is 115 Å². The molecular weight excluding hydrogens is 242 g/mol. The highest BCUT2D eigenvalue weighted by Crippen LogP contribution is 2.15. The first-order valence-electron chi connectivity index (χ1n) is 6.53. The number of benzene rings is 1. The Kier molecular flexibility index (Phi) is 6.88. The largest absolute Gasteiger partial charge is 0.355 e. The minimum atomic E-state index is 0.151. The standard InChI is InChI=1S/C15H23NOS/c1-4-5-6-16-15(17)11-18-10-14-8-12(2)7-13(3)9-14/h7-9H,4-6,10-11H2,1-3H3,(H,16,17). The third-order valence-corrected chi connectivity index (χ3v) is 3.64. The highest BCUT2D eigenvalue weighted by Gasteiger charge is 2.02. The summed E-state index contributed by atoms with van der Waals surface area (Å²) in [4.78, 5) is 11.5. The summed E-state index contributed by atoms with van der Waals surface area (Å²) in [5.41, 5.74) is 3.88. The zero-order valence-electron chi connectivity index (χ0n) is 11.6. The van der Waals surface area contributed by atoms with E-state index in [1.807, 2.05) is 0 Å². The van der Waals surface area contributed by atoms with Crippen LogP contribution in [0.4, 0.5) is 0 Å². The van der Waals surface area contributed by atoms with E-state index in [-0.39, 0.29) is 5.91 Å². The van der Waals surface area contributed by atoms with Crippen LogP contribution in [0, 0.1) is 13.8 Å². The Morgan fingerprint density at radius 1 is 1.22 bits per heavy atom. The summed E-state index contributed by atoms with van der Waals surface area (Å²) in [6.45, 7) is 7.15. The maximum atomic E-state index is 11.5. The molecule has 1 N–H and O–H groups in total. The van der Waals surface area contributed by atoms with Crippen LogP contribution >= 0.6 is 11.8 Å². The Hall–Kier alpha value is -0.960. The second-order valence-corrected chi connectivity index (χ2v) is 5.68. The molecule has 0 radical (unpaired) electrons. The number of carbonyl (C=O) groups excluding carboxylic acids is 1. The van der Waals surface area contributed by atoms with Gasteiger partial charge < -0.3 is 5.32 Å². The van der Waals surface area contributed by atoms with Crippen LogP contribution in [-0.2, 0) is 10.5 Å². The van der Waals surface area contributed by atoms with E-state index in [2.05, 4.69) is 44.3 Å². The number of amides is 1. The summed E-state index contributed by atoms with van der Waals surface area (Å²) in [6, 6.07) is 6.55. The van der Waals surface area contributed by atoms with Crippen LogP contribution < -0.4 is 5.32 Å². The molecule has 1 rings (SSSR count). The molecule has 18 heavy (non-hydrogen) atoms. The minimum absolute atomic E-state index is 0.151. The first-order valence-corrected chi connectivity index (χ1v) is 7.69. The first-order chi connectivity index (χ1) is 8.61. The number of rotatable bonds is 7. The molecule has 0 atom stereocenters. The number of thioether (sulfide) groups is 1. The number of carbonyl (C=O) groups is 1. The van der Waals surface area contributed by atoms with Crippen molar-refractivity contribution in [2.45, 2.75) is 39.4 Å². The third kappa shape index (κ3) is 6.10. The van der Waals surface area contributed by atoms with Crippen molar-refractivity contribution in [3.8, 4) is 0 Å². The van der Waals surface area contributed by atoms with Gasteiger partial charge in [-0.2, -0.15) is 0 Å². The SMILES string of the molecule is CCCCNC(=O)CSCc1cc(C)cc(C)c1. The summed E-state index contributed by atoms with van der Waals surface area (Å²) in [6.07, 6.45) is 2.18. The Morgan fingerprint density at radius 2 is 1.89 bits per heavy atom. The van der Waals surface area contributed by atoms with Gasteiger partial charge in [-0.05, 0) is 25.8 Å². The molecule has 0 aliphatic carbocycles. The van der Waals surface area contributed by atoms with Crippen molar-refractivity contribution in [3.05, 3.63) is 34.9 Å². The van der Waals surface area contributed by atoms with E-state index in [4.69, 9.17) is 0 Å². The molecule has 0 unspecified atom stereocenters. The summed E-state index contributed by atoms with van der Waals surface area (Å²) < 4.78 is 0. The molecule has 0 spiro atoms. The van der Waals surface area contributed by atoms with E-state index in [0.717, 1.165) is 25.1 Å². The van der Waals surface area contributed by atoms with Gasteiger partial charge in [0, 0.05) is 12.3 Å². The van der Waals surface area contributed by atoms with Crippen molar-refractivity contribution in [1.29, 1.82) is 0 Å². The quantitative estimate of drug-likeness (QED) is 0.765. The van der Waals surface area contributed by atoms with Crippen molar-refractivity contribution in [1.82, 2.24) is 5.32 Å². The van der Waals surface area contributed by atoms with Crippen molar-refractivity contribution in [3.63, 3.8) is 0 Å². The maximum absolute atomic E-state index is 11.5. The van der Waals surface area contributed by atoms with Gasteiger partial charge in [0.05, 0.1) is 5.75 Å². The fourth-order valence-electron chi connectivity index (χ4n) is 1.87. The molecular formula is C15H23NOS. The van der Waals surface area contributed by atoms with Gasteiger partial charge in [-0.3, -0.25) is 4.79 Å². The minimum Gasteiger partial charge on any atom is -0.355 e. The van der Waals surface area contributed by atoms with Gasteiger partial charge in [0.15, 0.2) is 0 Å². The number of unbranched alkanes of at least 4 members (excludes halogenated alkanes) is 1. The van der Waals surface area contributed by atoms with Crippen LogP contribution in [0.2, 0.25) is 0 Å². The van der Waals surface area contributed by atoms with Crippen molar-refractivity contribution < 1.29 is 4.79 Å². The molecule has 0 aromatic heterocycles. The first kappa shape index (κ1) is 15.1. The predicted octanol–water partition coefficient (Wildman–Crippen LogP) is 3.45. The summed E-state index contributed by atoms with van der Waals surface area (Å²) in [5.74, 6) is 1.61. The number of aryl methyl sites for hydroxylation is 2. The predicted molar refractivity (Wildman–Crippen MR) is 80.0 cm³/mol. The Balaban J connectivity index is 2.26. The molecule has 1 aromatic carbocycles. The lowest BCUT2D eigenvalue weighted by molar-refractivity contribution is -0.118. The van der Waals surface area contributed by atoms with Gasteiger partial charge >= 0.3 is 0 Å². The molecule has 0 aliphatic heterocycles. The van der Waals surface area contributed by atoms with E-state index in [9.17, 15) is 4.79 Å². The summed E-state index contributed by atoms with van der Waals surface area (Å²) in [7, 11) is 0. The lowest BCUT2D eigenvalue weighted by atomic mass is 10.1. The van der Waals surface area contributed by atoms with Crippen LogP contribution in [0.5, 0.6) is 0 Å². The molecule has 0 heterocycles. The monoisotopic (exact) mass is 265 g/mol. The molecule has 0 bridgehead atoms. The molecule has 1 aromatic rings. The molecule has 100 valence electrons. The summed E-state index contributed by atoms with van der Waals surface area (Å²) >= 11 is 1.68. The molecule has 0 aliphatic rings. The highest BCUT2D eigenvalue weighted by molar-refractivity contribution is 7.99. The number of hydrogen-bond donors (Lipinski definition) is 1. The van der Waals surface area contributed by atoms with Crippen LogP contribution in [0.25, 0.3) is 0 Å².